The first-order valence-electron chi connectivity index (χ1n) is 6.62. The predicted octanol–water partition coefficient (Wildman–Crippen LogP) is 4.91. The van der Waals surface area contributed by atoms with Gasteiger partial charge in [-0.05, 0) is 24.6 Å². The van der Waals surface area contributed by atoms with E-state index in [0.29, 0.717) is 17.7 Å². The van der Waals surface area contributed by atoms with Crippen molar-refractivity contribution < 1.29 is 17.9 Å². The lowest BCUT2D eigenvalue weighted by Crippen LogP contribution is -2.11. The predicted molar refractivity (Wildman–Crippen MR) is 75.2 cm³/mol. The molecule has 2 rings (SSSR count). The fourth-order valence-electron chi connectivity index (χ4n) is 2.01. The van der Waals surface area contributed by atoms with Gasteiger partial charge in [0.1, 0.15) is 11.5 Å². The van der Waals surface area contributed by atoms with E-state index in [4.69, 9.17) is 10.5 Å². The summed E-state index contributed by atoms with van der Waals surface area (Å²) in [5.41, 5.74) is 5.86. The minimum atomic E-state index is -4.46. The van der Waals surface area contributed by atoms with Crippen molar-refractivity contribution in [3.05, 3.63) is 59.7 Å². The van der Waals surface area contributed by atoms with Gasteiger partial charge in [0.25, 0.3) is 0 Å². The normalized spacial score (nSPS) is 13.0. The number of benzene rings is 2. The first-order valence-corrected chi connectivity index (χ1v) is 6.62. The van der Waals surface area contributed by atoms with E-state index in [1.54, 1.807) is 24.3 Å². The summed E-state index contributed by atoms with van der Waals surface area (Å²) in [4.78, 5) is 0. The summed E-state index contributed by atoms with van der Waals surface area (Å²) in [6.07, 6.45) is -3.79. The largest absolute Gasteiger partial charge is 0.456 e. The van der Waals surface area contributed by atoms with Gasteiger partial charge in [-0.1, -0.05) is 37.3 Å². The van der Waals surface area contributed by atoms with Crippen molar-refractivity contribution in [1.82, 2.24) is 0 Å². The molecule has 0 aromatic heterocycles. The smallest absolute Gasteiger partial charge is 0.419 e. The van der Waals surface area contributed by atoms with Crippen molar-refractivity contribution >= 4 is 0 Å². The third-order valence-corrected chi connectivity index (χ3v) is 3.17. The zero-order valence-corrected chi connectivity index (χ0v) is 11.5. The molecule has 0 fully saturated rings. The highest BCUT2D eigenvalue weighted by Crippen LogP contribution is 2.39. The molecule has 0 radical (unpaired) electrons. The summed E-state index contributed by atoms with van der Waals surface area (Å²) >= 11 is 0. The van der Waals surface area contributed by atoms with Crippen LogP contribution in [0.3, 0.4) is 0 Å². The summed E-state index contributed by atoms with van der Waals surface area (Å²) < 4.78 is 44.4. The molecular weight excluding hydrogens is 279 g/mol. The first-order chi connectivity index (χ1) is 9.93. The second kappa shape index (κ2) is 6.18. The van der Waals surface area contributed by atoms with Crippen LogP contribution in [0, 0.1) is 0 Å². The molecule has 21 heavy (non-hydrogen) atoms. The van der Waals surface area contributed by atoms with E-state index >= 15 is 0 Å². The maximum atomic E-state index is 13.0. The van der Waals surface area contributed by atoms with Crippen LogP contribution in [0.1, 0.15) is 30.5 Å². The second-order valence-corrected chi connectivity index (χ2v) is 4.65. The Balaban J connectivity index is 2.40. The van der Waals surface area contributed by atoms with Crippen LogP contribution >= 0.6 is 0 Å². The molecule has 0 saturated heterocycles. The second-order valence-electron chi connectivity index (χ2n) is 4.65. The van der Waals surface area contributed by atoms with Crippen molar-refractivity contribution in [2.24, 2.45) is 5.73 Å². The average Bonchev–Trinajstić information content (AvgIpc) is 2.46. The zero-order chi connectivity index (χ0) is 15.5. The molecule has 2 aromatic rings. The molecule has 0 spiro atoms. The summed E-state index contributed by atoms with van der Waals surface area (Å²) in [7, 11) is 0. The number of para-hydroxylation sites is 2. The van der Waals surface area contributed by atoms with E-state index in [2.05, 4.69) is 0 Å². The lowest BCUT2D eigenvalue weighted by Gasteiger charge is -2.18. The van der Waals surface area contributed by atoms with Gasteiger partial charge in [0.15, 0.2) is 0 Å². The third-order valence-electron chi connectivity index (χ3n) is 3.17. The van der Waals surface area contributed by atoms with E-state index in [1.165, 1.54) is 18.2 Å². The molecular formula is C16H16F3NO. The molecule has 1 unspecified atom stereocenters. The van der Waals surface area contributed by atoms with Crippen molar-refractivity contribution in [2.45, 2.75) is 25.6 Å². The number of alkyl halides is 3. The highest BCUT2D eigenvalue weighted by atomic mass is 19.4. The van der Waals surface area contributed by atoms with Crippen LogP contribution in [0.2, 0.25) is 0 Å². The van der Waals surface area contributed by atoms with E-state index < -0.39 is 11.7 Å². The highest BCUT2D eigenvalue weighted by Gasteiger charge is 2.34. The zero-order valence-electron chi connectivity index (χ0n) is 11.5. The van der Waals surface area contributed by atoms with E-state index in [-0.39, 0.29) is 11.8 Å². The molecule has 0 aliphatic heterocycles. The topological polar surface area (TPSA) is 35.2 Å². The summed E-state index contributed by atoms with van der Waals surface area (Å²) in [5.74, 6) is 0.129. The summed E-state index contributed by atoms with van der Waals surface area (Å²) in [6, 6.07) is 11.7. The fraction of sp³-hybridized carbons (Fsp3) is 0.250. The molecule has 2 nitrogen and oxygen atoms in total. The molecule has 112 valence electrons. The molecule has 0 heterocycles. The van der Waals surface area contributed by atoms with Gasteiger partial charge in [-0.15, -0.1) is 0 Å². The minimum Gasteiger partial charge on any atom is -0.456 e. The Hall–Kier alpha value is -2.01. The number of rotatable bonds is 4. The molecule has 0 aliphatic carbocycles. The maximum absolute atomic E-state index is 13.0. The van der Waals surface area contributed by atoms with Crippen molar-refractivity contribution in [3.63, 3.8) is 0 Å². The number of halogens is 3. The van der Waals surface area contributed by atoms with E-state index in [1.807, 2.05) is 6.92 Å². The molecule has 1 atom stereocenters. The minimum absolute atomic E-state index is 0.222. The van der Waals surface area contributed by atoms with Crippen molar-refractivity contribution in [1.29, 1.82) is 0 Å². The number of ether oxygens (including phenoxy) is 1. The van der Waals surface area contributed by atoms with Gasteiger partial charge >= 0.3 is 6.18 Å². The Kier molecular flexibility index (Phi) is 4.53. The van der Waals surface area contributed by atoms with Gasteiger partial charge in [-0.2, -0.15) is 13.2 Å². The maximum Gasteiger partial charge on any atom is 0.419 e. The van der Waals surface area contributed by atoms with Gasteiger partial charge in [0, 0.05) is 11.6 Å². The Morgan fingerprint density at radius 1 is 1.00 bits per heavy atom. The quantitative estimate of drug-likeness (QED) is 0.870. The SMILES string of the molecule is CCC(N)c1ccccc1Oc1ccccc1C(F)(F)F. The van der Waals surface area contributed by atoms with Crippen molar-refractivity contribution in [2.75, 3.05) is 0 Å². The van der Waals surface area contributed by atoms with Crippen LogP contribution in [0.25, 0.3) is 0 Å². The lowest BCUT2D eigenvalue weighted by atomic mass is 10.0. The van der Waals surface area contributed by atoms with Crippen molar-refractivity contribution in [3.8, 4) is 11.5 Å². The molecule has 2 aromatic carbocycles. The fourth-order valence-corrected chi connectivity index (χ4v) is 2.01. The molecule has 0 bridgehead atoms. The van der Waals surface area contributed by atoms with E-state index in [0.717, 1.165) is 6.07 Å². The van der Waals surface area contributed by atoms with Gasteiger partial charge in [-0.3, -0.25) is 0 Å². The first kappa shape index (κ1) is 15.4. The number of nitrogens with two attached hydrogens (primary N) is 1. The van der Waals surface area contributed by atoms with Gasteiger partial charge in [0.2, 0.25) is 0 Å². The van der Waals surface area contributed by atoms with Crippen LogP contribution in [0.5, 0.6) is 11.5 Å². The monoisotopic (exact) mass is 295 g/mol. The summed E-state index contributed by atoms with van der Waals surface area (Å²) in [5, 5.41) is 0. The van der Waals surface area contributed by atoms with Gasteiger partial charge in [0.05, 0.1) is 5.56 Å². The van der Waals surface area contributed by atoms with E-state index in [9.17, 15) is 13.2 Å². The Labute approximate surface area is 121 Å². The van der Waals surface area contributed by atoms with Crippen LogP contribution in [-0.4, -0.2) is 0 Å². The Morgan fingerprint density at radius 2 is 1.57 bits per heavy atom. The van der Waals surface area contributed by atoms with Gasteiger partial charge < -0.3 is 10.5 Å². The lowest BCUT2D eigenvalue weighted by molar-refractivity contribution is -0.138. The van der Waals surface area contributed by atoms with Crippen LogP contribution < -0.4 is 10.5 Å². The number of hydrogen-bond acceptors (Lipinski definition) is 2. The summed E-state index contributed by atoms with van der Waals surface area (Å²) in [6.45, 7) is 1.91. The van der Waals surface area contributed by atoms with Crippen LogP contribution in [0.15, 0.2) is 48.5 Å². The van der Waals surface area contributed by atoms with Crippen LogP contribution in [-0.2, 0) is 6.18 Å². The molecule has 2 N–H and O–H groups in total. The molecule has 0 amide bonds. The highest BCUT2D eigenvalue weighted by molar-refractivity contribution is 5.43. The third kappa shape index (κ3) is 3.55. The standard InChI is InChI=1S/C16H16F3NO/c1-2-13(20)11-7-3-5-9-14(11)21-15-10-6-4-8-12(15)16(17,18)19/h3-10,13H,2,20H2,1H3. The number of hydrogen-bond donors (Lipinski definition) is 1. The molecule has 0 saturated carbocycles. The van der Waals surface area contributed by atoms with Crippen LogP contribution in [0.4, 0.5) is 13.2 Å². The molecule has 5 heteroatoms. The van der Waals surface area contributed by atoms with Gasteiger partial charge in [-0.25, -0.2) is 0 Å². The Morgan fingerprint density at radius 3 is 2.19 bits per heavy atom. The Bertz CT molecular complexity index is 610. The average molecular weight is 295 g/mol. The molecule has 0 aliphatic rings.